The number of hydrogen-bond donors (Lipinski definition) is 6. The first-order valence-corrected chi connectivity index (χ1v) is 28.1. The van der Waals surface area contributed by atoms with Crippen LogP contribution in [0.5, 0.6) is 5.75 Å². The lowest BCUT2D eigenvalue weighted by Crippen LogP contribution is -2.57. The molecule has 0 radical (unpaired) electrons. The molecule has 3 aromatic rings. The van der Waals surface area contributed by atoms with Gasteiger partial charge in [-0.2, -0.15) is 4.72 Å². The molecule has 5 rings (SSSR count). The number of nitrogen functional groups attached to an aromatic ring is 1. The Morgan fingerprint density at radius 1 is 0.880 bits per heavy atom. The Bertz CT molecular complexity index is 2660. The highest BCUT2D eigenvalue weighted by molar-refractivity contribution is 8.00. The molecule has 4 amide bonds. The number of hydrogen-bond acceptors (Lipinski definition) is 18. The second kappa shape index (κ2) is 28.8. The summed E-state index contributed by atoms with van der Waals surface area (Å²) in [5, 5.41) is 16.1. The van der Waals surface area contributed by atoms with E-state index in [0.29, 0.717) is 57.9 Å². The number of nitrogens with zero attached hydrogens (tertiary/aromatic N) is 1. The van der Waals surface area contributed by atoms with Crippen LogP contribution in [-0.4, -0.2) is 178 Å². The average molecular weight is 1110 g/mol. The number of likely N-dealkylation sites (tertiary alicyclic amines) is 1. The third-order valence-electron chi connectivity index (χ3n) is 12.6. The number of amidine groups is 1. The van der Waals surface area contributed by atoms with E-state index in [9.17, 15) is 40.6 Å². The lowest BCUT2D eigenvalue weighted by Gasteiger charge is -2.41. The number of anilines is 1. The summed E-state index contributed by atoms with van der Waals surface area (Å²) in [5.74, 6) is -2.02. The highest BCUT2D eigenvalue weighted by Gasteiger charge is 2.42. The van der Waals surface area contributed by atoms with Crippen LogP contribution in [0, 0.1) is 26.2 Å². The fourth-order valence-electron chi connectivity index (χ4n) is 8.59. The summed E-state index contributed by atoms with van der Waals surface area (Å²) >= 11 is 0.996. The summed E-state index contributed by atoms with van der Waals surface area (Å²) in [4.78, 5) is 56.2. The highest BCUT2D eigenvalue weighted by Crippen LogP contribution is 2.31. The number of aryl methyl sites for hydroxylation is 1. The predicted molar refractivity (Wildman–Crippen MR) is 277 cm³/mol. The van der Waals surface area contributed by atoms with E-state index in [1.165, 1.54) is 45.6 Å². The molecule has 414 valence electrons. The highest BCUT2D eigenvalue weighted by atomic mass is 32.3. The van der Waals surface area contributed by atoms with Crippen molar-refractivity contribution in [2.75, 3.05) is 90.8 Å². The van der Waals surface area contributed by atoms with Crippen molar-refractivity contribution in [1.82, 2.24) is 20.3 Å². The maximum atomic E-state index is 14.4. The molecule has 0 aliphatic carbocycles. The third-order valence-corrected chi connectivity index (χ3v) is 15.8. The van der Waals surface area contributed by atoms with E-state index in [0.717, 1.165) is 31.0 Å². The van der Waals surface area contributed by atoms with Gasteiger partial charge in [0.25, 0.3) is 5.91 Å². The van der Waals surface area contributed by atoms with Crippen LogP contribution in [0.15, 0.2) is 59.5 Å². The van der Waals surface area contributed by atoms with Crippen molar-refractivity contribution in [2.24, 2.45) is 5.73 Å². The molecular weight excluding hydrogens is 1040 g/mol. The molecule has 2 saturated heterocycles. The first-order valence-electron chi connectivity index (χ1n) is 24.1. The standard InChI is InChI=1S/C49H69N7O16S3/c1-30-24-39(66-4)31(2)32(3)45(30)74(61,62)55-38(48(59)54-37(49(60)56-19-8-7-9-20-56)25-33-10-12-34(13-11-33)46(50)51)28-73-29-42(57)53-36-16-14-35(15-17-36)47(58)52-18-21-69-22-23-70-44-41(27-72-75(63,64)65)71-26-40(67-5)43(44)68-6/h10-17,24,37-38,40-41,43-44,55H,7-9,18-23,25-29H2,1-6H3,(H3,50,51)(H,52,58)(H,53,57)(H,54,59)(H,63,64,65)/p-1/t37?,38-,40?,41?,43+,44-/m0/s1. The van der Waals surface area contributed by atoms with Crippen molar-refractivity contribution < 1.29 is 73.2 Å². The fourth-order valence-corrected chi connectivity index (χ4v) is 11.6. The molecule has 2 heterocycles. The minimum Gasteiger partial charge on any atom is -0.726 e. The van der Waals surface area contributed by atoms with Gasteiger partial charge in [0, 0.05) is 62.8 Å². The minimum atomic E-state index is -4.97. The van der Waals surface area contributed by atoms with Gasteiger partial charge in [-0.15, -0.1) is 11.8 Å². The van der Waals surface area contributed by atoms with Gasteiger partial charge in [0.05, 0.1) is 50.8 Å². The van der Waals surface area contributed by atoms with E-state index in [1.54, 1.807) is 56.0 Å². The summed E-state index contributed by atoms with van der Waals surface area (Å²) in [5.41, 5.74) is 8.88. The molecular formula is C49H68N7O16S3-. The van der Waals surface area contributed by atoms with Gasteiger partial charge in [-0.05, 0) is 92.6 Å². The van der Waals surface area contributed by atoms with E-state index >= 15 is 0 Å². The number of sulfonamides is 1. The minimum absolute atomic E-state index is 0.0196. The second-order valence-electron chi connectivity index (χ2n) is 17.8. The Morgan fingerprint density at radius 3 is 2.19 bits per heavy atom. The van der Waals surface area contributed by atoms with Crippen molar-refractivity contribution in [2.45, 2.75) is 87.8 Å². The van der Waals surface area contributed by atoms with Crippen LogP contribution in [0.25, 0.3) is 0 Å². The number of piperidine rings is 1. The maximum Gasteiger partial charge on any atom is 0.251 e. The molecule has 26 heteroatoms. The maximum absolute atomic E-state index is 14.4. The monoisotopic (exact) mass is 1110 g/mol. The molecule has 0 spiro atoms. The number of carbonyl (C=O) groups is 4. The molecule has 0 bridgehead atoms. The van der Waals surface area contributed by atoms with E-state index < -0.39 is 81.3 Å². The van der Waals surface area contributed by atoms with Crippen molar-refractivity contribution in [1.29, 1.82) is 5.41 Å². The van der Waals surface area contributed by atoms with Gasteiger partial charge in [0.1, 0.15) is 48.1 Å². The normalized spacial score (nSPS) is 18.9. The number of ether oxygens (including phenoxy) is 6. The molecule has 23 nitrogen and oxygen atoms in total. The predicted octanol–water partition coefficient (Wildman–Crippen LogP) is 1.70. The number of benzene rings is 3. The molecule has 7 N–H and O–H groups in total. The fraction of sp³-hybridized carbons (Fsp3) is 0.531. The van der Waals surface area contributed by atoms with E-state index in [1.807, 2.05) is 0 Å². The lowest BCUT2D eigenvalue weighted by molar-refractivity contribution is -0.225. The lowest BCUT2D eigenvalue weighted by atomic mass is 10.00. The third kappa shape index (κ3) is 17.9. The van der Waals surface area contributed by atoms with Crippen LogP contribution < -0.4 is 31.1 Å². The first-order chi connectivity index (χ1) is 35.7. The van der Waals surface area contributed by atoms with Crippen LogP contribution in [0.4, 0.5) is 5.69 Å². The number of thioether (sulfide) groups is 1. The average Bonchev–Trinajstić information content (AvgIpc) is 3.38. The Morgan fingerprint density at radius 2 is 1.56 bits per heavy atom. The zero-order chi connectivity index (χ0) is 54.9. The second-order valence-corrected chi connectivity index (χ2v) is 21.5. The number of methoxy groups -OCH3 is 3. The van der Waals surface area contributed by atoms with Crippen LogP contribution in [-0.2, 0) is 69.1 Å². The van der Waals surface area contributed by atoms with Crippen molar-refractivity contribution in [3.63, 3.8) is 0 Å². The van der Waals surface area contributed by atoms with Gasteiger partial charge in [0.2, 0.25) is 38.1 Å². The zero-order valence-corrected chi connectivity index (χ0v) is 45.3. The molecule has 3 aromatic carbocycles. The number of carbonyl (C=O) groups excluding carboxylic acids is 4. The first kappa shape index (κ1) is 60.6. The van der Waals surface area contributed by atoms with Crippen LogP contribution in [0.1, 0.15) is 57.4 Å². The molecule has 2 aliphatic heterocycles. The van der Waals surface area contributed by atoms with Crippen LogP contribution >= 0.6 is 11.8 Å². The van der Waals surface area contributed by atoms with Crippen molar-refractivity contribution in [3.05, 3.63) is 88.0 Å². The molecule has 3 unspecified atom stereocenters. The van der Waals surface area contributed by atoms with E-state index in [-0.39, 0.29) is 67.5 Å². The Labute approximate surface area is 442 Å². The number of nitrogens with two attached hydrogens (primary N) is 1. The Kier molecular flexibility index (Phi) is 23.2. The summed E-state index contributed by atoms with van der Waals surface area (Å²) in [7, 11) is -5.00. The van der Waals surface area contributed by atoms with Crippen molar-refractivity contribution in [3.8, 4) is 5.75 Å². The topological polar surface area (TPSA) is 325 Å². The largest absolute Gasteiger partial charge is 0.726 e. The summed E-state index contributed by atoms with van der Waals surface area (Å²) < 4.78 is 102. The van der Waals surface area contributed by atoms with Gasteiger partial charge in [-0.1, -0.05) is 24.3 Å². The Hall–Kier alpha value is -5.26. The number of rotatable bonds is 28. The number of nitrogens with one attached hydrogen (secondary N) is 5. The van der Waals surface area contributed by atoms with E-state index in [2.05, 4.69) is 24.9 Å². The van der Waals surface area contributed by atoms with Gasteiger partial charge in [-0.25, -0.2) is 16.8 Å². The molecule has 2 fully saturated rings. The van der Waals surface area contributed by atoms with Gasteiger partial charge < -0.3 is 59.6 Å². The molecule has 75 heavy (non-hydrogen) atoms. The summed E-state index contributed by atoms with van der Waals surface area (Å²) in [6.07, 6.45) is -0.357. The van der Waals surface area contributed by atoms with E-state index in [4.69, 9.17) is 39.6 Å². The quantitative estimate of drug-likeness (QED) is 0.0198. The molecule has 0 aromatic heterocycles. The smallest absolute Gasteiger partial charge is 0.251 e. The SMILES string of the molecule is COc1cc(C)c(S(=O)(=O)N[C@@H](CSCC(=O)Nc2ccc(C(=O)NCCOCCO[C@H]3C(COS(=O)(=O)[O-])OCC(OC)[C@H]3OC)cc2)C(=O)NC(Cc2ccc(C(=N)N)cc2)C(=O)N2CCCCC2)c(C)c1C. The van der Waals surface area contributed by atoms with Crippen LogP contribution in [0.2, 0.25) is 0 Å². The zero-order valence-electron chi connectivity index (χ0n) is 42.8. The summed E-state index contributed by atoms with van der Waals surface area (Å²) in [6, 6.07) is 11.9. The van der Waals surface area contributed by atoms with Crippen molar-refractivity contribution >= 4 is 67.3 Å². The van der Waals surface area contributed by atoms with Gasteiger partial charge >= 0.3 is 0 Å². The Balaban J connectivity index is 1.17. The van der Waals surface area contributed by atoms with Gasteiger partial charge in [-0.3, -0.25) is 28.8 Å². The molecule has 0 saturated carbocycles. The summed E-state index contributed by atoms with van der Waals surface area (Å²) in [6.45, 7) is 5.81. The molecule has 6 atom stereocenters. The number of amides is 4. The molecule has 2 aliphatic rings. The van der Waals surface area contributed by atoms with Crippen LogP contribution in [0.3, 0.4) is 0 Å². The van der Waals surface area contributed by atoms with Gasteiger partial charge in [0.15, 0.2) is 0 Å².